The van der Waals surface area contributed by atoms with Crippen LogP contribution in [0.15, 0.2) is 48.5 Å². The third-order valence-corrected chi connectivity index (χ3v) is 6.13. The molecule has 1 amide bonds. The van der Waals surface area contributed by atoms with E-state index < -0.39 is 0 Å². The molecule has 1 aliphatic rings. The van der Waals surface area contributed by atoms with Gasteiger partial charge in [-0.15, -0.1) is 11.3 Å². The van der Waals surface area contributed by atoms with E-state index in [9.17, 15) is 4.79 Å². The van der Waals surface area contributed by atoms with Crippen LogP contribution in [0.1, 0.15) is 30.7 Å². The Morgan fingerprint density at radius 3 is 2.68 bits per heavy atom. The highest BCUT2D eigenvalue weighted by atomic mass is 32.1. The van der Waals surface area contributed by atoms with Crippen molar-refractivity contribution < 1.29 is 14.3 Å². The maximum Gasteiger partial charge on any atom is 0.260 e. The molecule has 1 atom stereocenters. The van der Waals surface area contributed by atoms with Crippen molar-refractivity contribution in [2.75, 3.05) is 26.3 Å². The number of hydrogen-bond donors (Lipinski definition) is 0. The van der Waals surface area contributed by atoms with E-state index in [-0.39, 0.29) is 12.5 Å². The molecule has 0 aliphatic carbocycles. The molecule has 0 spiro atoms. The zero-order chi connectivity index (χ0) is 19.3. The van der Waals surface area contributed by atoms with Crippen molar-refractivity contribution in [1.29, 1.82) is 0 Å². The molecule has 0 radical (unpaired) electrons. The van der Waals surface area contributed by atoms with Crippen molar-refractivity contribution in [2.45, 2.75) is 25.7 Å². The second-order valence-electron chi connectivity index (χ2n) is 6.87. The van der Waals surface area contributed by atoms with Gasteiger partial charge in [-0.25, -0.2) is 4.98 Å². The summed E-state index contributed by atoms with van der Waals surface area (Å²) in [5, 5.41) is 1.13. The third-order valence-electron chi connectivity index (χ3n) is 4.93. The highest BCUT2D eigenvalue weighted by Crippen LogP contribution is 2.33. The highest BCUT2D eigenvalue weighted by Gasteiger charge is 2.27. The number of nitrogens with zero attached hydrogens (tertiary/aromatic N) is 2. The maximum atomic E-state index is 12.7. The van der Waals surface area contributed by atoms with Crippen LogP contribution in [0.25, 0.3) is 10.2 Å². The molecule has 146 valence electrons. The minimum atomic E-state index is 0.0112. The van der Waals surface area contributed by atoms with Gasteiger partial charge in [0.15, 0.2) is 18.1 Å². The molecule has 2 heterocycles. The van der Waals surface area contributed by atoms with Crippen LogP contribution in [0, 0.1) is 0 Å². The molecule has 1 aromatic heterocycles. The van der Waals surface area contributed by atoms with Crippen molar-refractivity contribution in [2.24, 2.45) is 0 Å². The van der Waals surface area contributed by atoms with Gasteiger partial charge >= 0.3 is 0 Å². The largest absolute Gasteiger partial charge is 0.490 e. The first kappa shape index (κ1) is 18.7. The molecule has 6 heteroatoms. The minimum Gasteiger partial charge on any atom is -0.490 e. The van der Waals surface area contributed by atoms with Crippen molar-refractivity contribution >= 4 is 27.5 Å². The topological polar surface area (TPSA) is 51.7 Å². The summed E-state index contributed by atoms with van der Waals surface area (Å²) >= 11 is 1.74. The summed E-state index contributed by atoms with van der Waals surface area (Å²) in [5.41, 5.74) is 1.04. The van der Waals surface area contributed by atoms with Crippen LogP contribution in [-0.2, 0) is 4.79 Å². The second kappa shape index (κ2) is 8.61. The zero-order valence-electron chi connectivity index (χ0n) is 16.0. The minimum absolute atomic E-state index is 0.0112. The number of aromatic nitrogens is 1. The smallest absolute Gasteiger partial charge is 0.260 e. The summed E-state index contributed by atoms with van der Waals surface area (Å²) in [4.78, 5) is 19.4. The average Bonchev–Trinajstić information content (AvgIpc) is 3.18. The number of hydrogen-bond acceptors (Lipinski definition) is 5. The van der Waals surface area contributed by atoms with E-state index in [0.29, 0.717) is 30.6 Å². The summed E-state index contributed by atoms with van der Waals surface area (Å²) in [7, 11) is 0. The molecular formula is C22H24N2O3S. The predicted molar refractivity (Wildman–Crippen MR) is 111 cm³/mol. The lowest BCUT2D eigenvalue weighted by molar-refractivity contribution is -0.134. The highest BCUT2D eigenvalue weighted by molar-refractivity contribution is 7.18. The van der Waals surface area contributed by atoms with Gasteiger partial charge in [-0.2, -0.15) is 0 Å². The molecule has 28 heavy (non-hydrogen) atoms. The number of rotatable bonds is 6. The lowest BCUT2D eigenvalue weighted by Crippen LogP contribution is -2.41. The number of ether oxygens (including phenoxy) is 2. The SMILES string of the molecule is CCOc1ccccc1OCC(=O)N1CCCC(c2nc3ccccc3s2)C1. The fraction of sp³-hybridized carbons (Fsp3) is 0.364. The third kappa shape index (κ3) is 4.12. The Morgan fingerprint density at radius 2 is 1.89 bits per heavy atom. The van der Waals surface area contributed by atoms with Crippen LogP contribution in [0.5, 0.6) is 11.5 Å². The van der Waals surface area contributed by atoms with E-state index in [4.69, 9.17) is 14.5 Å². The quantitative estimate of drug-likeness (QED) is 0.616. The number of piperidine rings is 1. The molecule has 4 rings (SSSR count). The number of carbonyl (C=O) groups excluding carboxylic acids is 1. The Labute approximate surface area is 168 Å². The van der Waals surface area contributed by atoms with Crippen LogP contribution in [-0.4, -0.2) is 42.1 Å². The van der Waals surface area contributed by atoms with E-state index in [2.05, 4.69) is 6.07 Å². The van der Waals surface area contributed by atoms with Gasteiger partial charge in [0.05, 0.1) is 21.8 Å². The summed E-state index contributed by atoms with van der Waals surface area (Å²) in [6, 6.07) is 15.7. The van der Waals surface area contributed by atoms with Gasteiger partial charge in [0, 0.05) is 19.0 Å². The van der Waals surface area contributed by atoms with Crippen molar-refractivity contribution in [3.8, 4) is 11.5 Å². The van der Waals surface area contributed by atoms with E-state index in [1.165, 1.54) is 4.70 Å². The number of para-hydroxylation sites is 3. The van der Waals surface area contributed by atoms with Gasteiger partial charge < -0.3 is 14.4 Å². The van der Waals surface area contributed by atoms with Crippen molar-refractivity contribution in [3.05, 3.63) is 53.5 Å². The molecule has 1 aliphatic heterocycles. The standard InChI is InChI=1S/C22H24N2O3S/c1-2-26-18-10-4-5-11-19(18)27-15-21(25)24-13-7-8-16(14-24)22-23-17-9-3-6-12-20(17)28-22/h3-6,9-12,16H,2,7-8,13-15H2,1H3. The molecule has 1 fully saturated rings. The summed E-state index contributed by atoms with van der Waals surface area (Å²) in [6.07, 6.45) is 2.06. The van der Waals surface area contributed by atoms with Gasteiger partial charge in [0.25, 0.3) is 5.91 Å². The second-order valence-corrected chi connectivity index (χ2v) is 7.93. The van der Waals surface area contributed by atoms with Crippen LogP contribution >= 0.6 is 11.3 Å². The van der Waals surface area contributed by atoms with Crippen LogP contribution in [0.2, 0.25) is 0 Å². The molecule has 2 aromatic carbocycles. The van der Waals surface area contributed by atoms with Gasteiger partial charge in [-0.3, -0.25) is 4.79 Å². The molecule has 0 N–H and O–H groups in total. The summed E-state index contributed by atoms with van der Waals surface area (Å²) in [5.74, 6) is 1.59. The van der Waals surface area contributed by atoms with E-state index >= 15 is 0 Å². The lowest BCUT2D eigenvalue weighted by atomic mass is 9.99. The monoisotopic (exact) mass is 396 g/mol. The first-order chi connectivity index (χ1) is 13.7. The van der Waals surface area contributed by atoms with Crippen molar-refractivity contribution in [1.82, 2.24) is 9.88 Å². The van der Waals surface area contributed by atoms with E-state index in [1.54, 1.807) is 11.3 Å². The molecule has 1 unspecified atom stereocenters. The molecule has 3 aromatic rings. The van der Waals surface area contributed by atoms with Crippen LogP contribution in [0.4, 0.5) is 0 Å². The summed E-state index contributed by atoms with van der Waals surface area (Å²) in [6.45, 7) is 3.99. The normalized spacial score (nSPS) is 16.9. The summed E-state index contributed by atoms with van der Waals surface area (Å²) < 4.78 is 12.5. The number of fused-ring (bicyclic) bond motifs is 1. The van der Waals surface area contributed by atoms with Crippen LogP contribution in [0.3, 0.4) is 0 Å². The fourth-order valence-corrected chi connectivity index (χ4v) is 4.64. The molecule has 1 saturated heterocycles. The molecular weight excluding hydrogens is 372 g/mol. The molecule has 5 nitrogen and oxygen atoms in total. The molecule has 0 bridgehead atoms. The Hall–Kier alpha value is -2.60. The van der Waals surface area contributed by atoms with Gasteiger partial charge in [0.2, 0.25) is 0 Å². The number of carbonyl (C=O) groups is 1. The van der Waals surface area contributed by atoms with Crippen LogP contribution < -0.4 is 9.47 Å². The van der Waals surface area contributed by atoms with Gasteiger partial charge in [-0.05, 0) is 44.0 Å². The number of benzene rings is 2. The number of thiazole rings is 1. The Kier molecular flexibility index (Phi) is 5.76. The Morgan fingerprint density at radius 1 is 1.14 bits per heavy atom. The number of likely N-dealkylation sites (tertiary alicyclic amines) is 1. The lowest BCUT2D eigenvalue weighted by Gasteiger charge is -2.31. The zero-order valence-corrected chi connectivity index (χ0v) is 16.8. The first-order valence-electron chi connectivity index (χ1n) is 9.72. The van der Waals surface area contributed by atoms with Gasteiger partial charge in [-0.1, -0.05) is 24.3 Å². The maximum absolute atomic E-state index is 12.7. The predicted octanol–water partition coefficient (Wildman–Crippen LogP) is 4.48. The van der Waals surface area contributed by atoms with E-state index in [0.717, 1.165) is 29.9 Å². The Bertz CT molecular complexity index is 923. The fourth-order valence-electron chi connectivity index (χ4n) is 3.54. The Balaban J connectivity index is 1.39. The number of amides is 1. The first-order valence-corrected chi connectivity index (χ1v) is 10.5. The van der Waals surface area contributed by atoms with Gasteiger partial charge in [0.1, 0.15) is 0 Å². The van der Waals surface area contributed by atoms with E-state index in [1.807, 2.05) is 54.3 Å². The molecule has 0 saturated carbocycles. The van der Waals surface area contributed by atoms with Crippen molar-refractivity contribution in [3.63, 3.8) is 0 Å². The average molecular weight is 397 g/mol.